The second-order valence-electron chi connectivity index (χ2n) is 3.72. The molecule has 0 aliphatic carbocycles. The molecule has 0 aliphatic heterocycles. The van der Waals surface area contributed by atoms with Crippen LogP contribution in [-0.2, 0) is 6.42 Å². The van der Waals surface area contributed by atoms with Gasteiger partial charge in [-0.05, 0) is 30.5 Å². The zero-order valence-corrected chi connectivity index (χ0v) is 9.54. The van der Waals surface area contributed by atoms with E-state index in [0.717, 1.165) is 12.8 Å². The summed E-state index contributed by atoms with van der Waals surface area (Å²) in [4.78, 5) is 7.89. The average Bonchev–Trinajstić information content (AvgIpc) is 2.38. The molecule has 2 N–H and O–H groups in total. The minimum Gasteiger partial charge on any atom is -0.491 e. The standard InChI is InChI=1S/C13H15N3O/c14-12-10-16-8-5-13(12)17-9-1-2-11-3-6-15-7-4-11/h3-8,10H,1-2,9,14H2. The van der Waals surface area contributed by atoms with Crippen LogP contribution < -0.4 is 10.5 Å². The van der Waals surface area contributed by atoms with Gasteiger partial charge in [0.25, 0.3) is 0 Å². The van der Waals surface area contributed by atoms with Crippen LogP contribution in [0, 0.1) is 0 Å². The highest BCUT2D eigenvalue weighted by atomic mass is 16.5. The first-order chi connectivity index (χ1) is 8.36. The van der Waals surface area contributed by atoms with Gasteiger partial charge in [-0.2, -0.15) is 0 Å². The number of aromatic nitrogens is 2. The Bertz CT molecular complexity index is 459. The number of hydrogen-bond donors (Lipinski definition) is 1. The number of aryl methyl sites for hydroxylation is 1. The molecule has 17 heavy (non-hydrogen) atoms. The van der Waals surface area contributed by atoms with E-state index in [1.165, 1.54) is 5.56 Å². The molecule has 0 bridgehead atoms. The lowest BCUT2D eigenvalue weighted by Crippen LogP contribution is -2.02. The van der Waals surface area contributed by atoms with Crippen molar-refractivity contribution in [1.82, 2.24) is 9.97 Å². The number of rotatable bonds is 5. The van der Waals surface area contributed by atoms with E-state index >= 15 is 0 Å². The first kappa shape index (κ1) is 11.4. The van der Waals surface area contributed by atoms with Crippen LogP contribution in [0.25, 0.3) is 0 Å². The molecule has 0 unspecified atom stereocenters. The first-order valence-corrected chi connectivity index (χ1v) is 5.57. The van der Waals surface area contributed by atoms with Crippen molar-refractivity contribution in [2.45, 2.75) is 12.8 Å². The largest absolute Gasteiger partial charge is 0.491 e. The van der Waals surface area contributed by atoms with Crippen LogP contribution >= 0.6 is 0 Å². The van der Waals surface area contributed by atoms with Crippen LogP contribution in [-0.4, -0.2) is 16.6 Å². The van der Waals surface area contributed by atoms with E-state index in [0.29, 0.717) is 18.0 Å². The zero-order chi connectivity index (χ0) is 11.9. The Morgan fingerprint density at radius 2 is 1.82 bits per heavy atom. The summed E-state index contributed by atoms with van der Waals surface area (Å²) in [7, 11) is 0. The Hall–Kier alpha value is -2.10. The van der Waals surface area contributed by atoms with Crippen molar-refractivity contribution in [1.29, 1.82) is 0 Å². The van der Waals surface area contributed by atoms with Gasteiger partial charge in [0.15, 0.2) is 0 Å². The monoisotopic (exact) mass is 229 g/mol. The van der Waals surface area contributed by atoms with Crippen LogP contribution in [0.3, 0.4) is 0 Å². The van der Waals surface area contributed by atoms with Crippen molar-refractivity contribution in [2.75, 3.05) is 12.3 Å². The highest BCUT2D eigenvalue weighted by Crippen LogP contribution is 2.18. The molecular formula is C13H15N3O. The molecule has 0 aromatic carbocycles. The highest BCUT2D eigenvalue weighted by Gasteiger charge is 1.99. The molecule has 0 fully saturated rings. The fourth-order valence-electron chi connectivity index (χ4n) is 1.53. The summed E-state index contributed by atoms with van der Waals surface area (Å²) in [6.45, 7) is 0.649. The molecule has 0 radical (unpaired) electrons. The van der Waals surface area contributed by atoms with Crippen molar-refractivity contribution in [3.05, 3.63) is 48.5 Å². The van der Waals surface area contributed by atoms with Crippen LogP contribution in [0.4, 0.5) is 5.69 Å². The predicted molar refractivity (Wildman–Crippen MR) is 66.7 cm³/mol. The van der Waals surface area contributed by atoms with Gasteiger partial charge < -0.3 is 10.5 Å². The third-order valence-corrected chi connectivity index (χ3v) is 2.43. The molecule has 4 nitrogen and oxygen atoms in total. The number of ether oxygens (including phenoxy) is 1. The average molecular weight is 229 g/mol. The highest BCUT2D eigenvalue weighted by molar-refractivity contribution is 5.49. The minimum absolute atomic E-state index is 0.580. The molecule has 2 aromatic rings. The summed E-state index contributed by atoms with van der Waals surface area (Å²) in [6, 6.07) is 5.81. The second-order valence-corrected chi connectivity index (χ2v) is 3.72. The number of nitrogen functional groups attached to an aromatic ring is 1. The van der Waals surface area contributed by atoms with E-state index < -0.39 is 0 Å². The molecule has 0 saturated heterocycles. The number of nitrogens with two attached hydrogens (primary N) is 1. The van der Waals surface area contributed by atoms with Gasteiger partial charge >= 0.3 is 0 Å². The van der Waals surface area contributed by atoms with Gasteiger partial charge in [0.05, 0.1) is 18.5 Å². The normalized spacial score (nSPS) is 10.1. The van der Waals surface area contributed by atoms with E-state index in [1.54, 1.807) is 30.9 Å². The van der Waals surface area contributed by atoms with Crippen molar-refractivity contribution in [3.8, 4) is 5.75 Å². The summed E-state index contributed by atoms with van der Waals surface area (Å²) >= 11 is 0. The maximum Gasteiger partial charge on any atom is 0.145 e. The maximum atomic E-state index is 5.72. The molecule has 0 aliphatic rings. The Labute approximate surface area is 100 Å². The Morgan fingerprint density at radius 3 is 2.59 bits per heavy atom. The molecule has 0 atom stereocenters. The summed E-state index contributed by atoms with van der Waals surface area (Å²) in [5.74, 6) is 0.703. The Kier molecular flexibility index (Phi) is 3.91. The molecule has 0 spiro atoms. The number of anilines is 1. The van der Waals surface area contributed by atoms with Gasteiger partial charge in [0.2, 0.25) is 0 Å². The summed E-state index contributed by atoms with van der Waals surface area (Å²) in [6.07, 6.45) is 8.81. The lowest BCUT2D eigenvalue weighted by Gasteiger charge is -2.07. The smallest absolute Gasteiger partial charge is 0.145 e. The topological polar surface area (TPSA) is 61.0 Å². The minimum atomic E-state index is 0.580. The molecular weight excluding hydrogens is 214 g/mol. The molecule has 0 amide bonds. The zero-order valence-electron chi connectivity index (χ0n) is 9.54. The molecule has 88 valence electrons. The first-order valence-electron chi connectivity index (χ1n) is 5.57. The summed E-state index contributed by atoms with van der Waals surface area (Å²) in [5, 5.41) is 0. The van der Waals surface area contributed by atoms with Crippen molar-refractivity contribution in [3.63, 3.8) is 0 Å². The van der Waals surface area contributed by atoms with E-state index in [-0.39, 0.29) is 0 Å². The third-order valence-electron chi connectivity index (χ3n) is 2.43. The van der Waals surface area contributed by atoms with Gasteiger partial charge in [0, 0.05) is 24.7 Å². The number of nitrogens with zero attached hydrogens (tertiary/aromatic N) is 2. The molecule has 2 aromatic heterocycles. The fourth-order valence-corrected chi connectivity index (χ4v) is 1.53. The molecule has 2 heterocycles. The van der Waals surface area contributed by atoms with Crippen molar-refractivity contribution < 1.29 is 4.74 Å². The SMILES string of the molecule is Nc1cnccc1OCCCc1ccncc1. The Balaban J connectivity index is 1.76. The Morgan fingerprint density at radius 1 is 1.06 bits per heavy atom. The molecule has 4 heteroatoms. The lowest BCUT2D eigenvalue weighted by molar-refractivity contribution is 0.312. The van der Waals surface area contributed by atoms with Gasteiger partial charge in [-0.3, -0.25) is 9.97 Å². The van der Waals surface area contributed by atoms with Gasteiger partial charge in [-0.1, -0.05) is 0 Å². The van der Waals surface area contributed by atoms with E-state index in [9.17, 15) is 0 Å². The number of pyridine rings is 2. The van der Waals surface area contributed by atoms with Crippen LogP contribution in [0.15, 0.2) is 43.0 Å². The van der Waals surface area contributed by atoms with E-state index in [1.807, 2.05) is 12.1 Å². The maximum absolute atomic E-state index is 5.72. The van der Waals surface area contributed by atoms with Gasteiger partial charge in [-0.15, -0.1) is 0 Å². The third kappa shape index (κ3) is 3.45. The van der Waals surface area contributed by atoms with Crippen molar-refractivity contribution in [2.24, 2.45) is 0 Å². The van der Waals surface area contributed by atoms with E-state index in [4.69, 9.17) is 10.5 Å². The predicted octanol–water partition coefficient (Wildman–Crippen LogP) is 2.07. The second kappa shape index (κ2) is 5.84. The lowest BCUT2D eigenvalue weighted by atomic mass is 10.1. The van der Waals surface area contributed by atoms with Crippen LogP contribution in [0.2, 0.25) is 0 Å². The molecule has 2 rings (SSSR count). The van der Waals surface area contributed by atoms with Gasteiger partial charge in [0.1, 0.15) is 5.75 Å². The van der Waals surface area contributed by atoms with E-state index in [2.05, 4.69) is 9.97 Å². The summed E-state index contributed by atoms with van der Waals surface area (Å²) in [5.41, 5.74) is 7.57. The summed E-state index contributed by atoms with van der Waals surface area (Å²) < 4.78 is 5.58. The van der Waals surface area contributed by atoms with Gasteiger partial charge in [-0.25, -0.2) is 0 Å². The molecule has 0 saturated carbocycles. The van der Waals surface area contributed by atoms with Crippen LogP contribution in [0.5, 0.6) is 5.75 Å². The van der Waals surface area contributed by atoms with Crippen molar-refractivity contribution >= 4 is 5.69 Å². The quantitative estimate of drug-likeness (QED) is 0.797. The van der Waals surface area contributed by atoms with Crippen LogP contribution in [0.1, 0.15) is 12.0 Å². The fraction of sp³-hybridized carbons (Fsp3) is 0.231. The number of hydrogen-bond acceptors (Lipinski definition) is 4.